The highest BCUT2D eigenvalue weighted by molar-refractivity contribution is 7.99. The van der Waals surface area contributed by atoms with Gasteiger partial charge in [0.1, 0.15) is 4.90 Å². The van der Waals surface area contributed by atoms with Crippen LogP contribution in [-0.4, -0.2) is 33.0 Å². The molecule has 0 aliphatic carbocycles. The highest BCUT2D eigenvalue weighted by Crippen LogP contribution is 2.20. The lowest BCUT2D eigenvalue weighted by molar-refractivity contribution is 0.480. The summed E-state index contributed by atoms with van der Waals surface area (Å²) in [5.74, 6) is -2.51. The minimum atomic E-state index is -4.07. The molecule has 1 aromatic rings. The van der Waals surface area contributed by atoms with Gasteiger partial charge in [0, 0.05) is 18.3 Å². The lowest BCUT2D eigenvalue weighted by Crippen LogP contribution is -2.30. The normalized spacial score (nSPS) is 13.4. The summed E-state index contributed by atoms with van der Waals surface area (Å²) in [6, 6.07) is 2.16. The molecule has 0 aliphatic heterocycles. The number of sulfonamides is 1. The Balaban J connectivity index is 3.06. The van der Waals surface area contributed by atoms with Crippen LogP contribution in [0.4, 0.5) is 8.78 Å². The van der Waals surface area contributed by atoms with Crippen LogP contribution in [0.2, 0.25) is 0 Å². The Morgan fingerprint density at radius 3 is 2.57 bits per heavy atom. The second-order valence-corrected chi connectivity index (χ2v) is 7.58. The molecule has 0 bridgehead atoms. The third-order valence-electron chi connectivity index (χ3n) is 2.89. The number of benzene rings is 1. The summed E-state index contributed by atoms with van der Waals surface area (Å²) in [6.07, 6.45) is 1.84. The molecule has 0 aliphatic rings. The molecule has 0 fully saturated rings. The molecule has 0 aromatic heterocycles. The quantitative estimate of drug-likeness (QED) is 0.762. The van der Waals surface area contributed by atoms with Gasteiger partial charge in [-0.3, -0.25) is 0 Å². The van der Waals surface area contributed by atoms with E-state index in [9.17, 15) is 17.2 Å². The van der Waals surface area contributed by atoms with Crippen LogP contribution in [0.25, 0.3) is 0 Å². The van der Waals surface area contributed by atoms with Crippen LogP contribution in [0.5, 0.6) is 0 Å². The van der Waals surface area contributed by atoms with Crippen molar-refractivity contribution in [2.45, 2.75) is 30.5 Å². The standard InChI is InChI=1S/C13H20F2N2O2S2/c1-4-16-8-10-5-11(14)13(15)12(6-10)21(18,19)17-7-9(2)20-3/h5-6,9,16-17H,4,7-8H2,1-3H3. The van der Waals surface area contributed by atoms with E-state index >= 15 is 0 Å². The number of nitrogens with one attached hydrogen (secondary N) is 2. The lowest BCUT2D eigenvalue weighted by atomic mass is 10.2. The Labute approximate surface area is 128 Å². The van der Waals surface area contributed by atoms with Crippen molar-refractivity contribution in [2.24, 2.45) is 0 Å². The summed E-state index contributed by atoms with van der Waals surface area (Å²) < 4.78 is 53.9. The van der Waals surface area contributed by atoms with Gasteiger partial charge in [0.25, 0.3) is 0 Å². The summed E-state index contributed by atoms with van der Waals surface area (Å²) in [5, 5.41) is 2.98. The largest absolute Gasteiger partial charge is 0.313 e. The van der Waals surface area contributed by atoms with E-state index in [0.717, 1.165) is 12.1 Å². The Morgan fingerprint density at radius 1 is 1.33 bits per heavy atom. The first-order chi connectivity index (χ1) is 9.81. The van der Waals surface area contributed by atoms with E-state index in [1.807, 2.05) is 20.1 Å². The van der Waals surface area contributed by atoms with Gasteiger partial charge in [0.2, 0.25) is 10.0 Å². The second-order valence-electron chi connectivity index (χ2n) is 4.57. The van der Waals surface area contributed by atoms with Crippen molar-refractivity contribution in [3.63, 3.8) is 0 Å². The molecule has 0 saturated heterocycles. The van der Waals surface area contributed by atoms with E-state index in [1.165, 1.54) is 11.8 Å². The maximum Gasteiger partial charge on any atom is 0.243 e. The first-order valence-electron chi connectivity index (χ1n) is 6.53. The molecule has 0 spiro atoms. The molecule has 4 nitrogen and oxygen atoms in total. The second kappa shape index (κ2) is 8.07. The molecule has 0 saturated carbocycles. The van der Waals surface area contributed by atoms with Crippen LogP contribution in [0.3, 0.4) is 0 Å². The number of rotatable bonds is 8. The van der Waals surface area contributed by atoms with E-state index in [0.29, 0.717) is 12.1 Å². The van der Waals surface area contributed by atoms with Gasteiger partial charge in [-0.15, -0.1) is 0 Å². The Bertz CT molecular complexity index is 580. The van der Waals surface area contributed by atoms with Gasteiger partial charge in [0.05, 0.1) is 0 Å². The van der Waals surface area contributed by atoms with Crippen LogP contribution >= 0.6 is 11.8 Å². The molecule has 0 heterocycles. The SMILES string of the molecule is CCNCc1cc(F)c(F)c(S(=O)(=O)NCC(C)SC)c1. The zero-order valence-corrected chi connectivity index (χ0v) is 13.9. The molecule has 120 valence electrons. The van der Waals surface area contributed by atoms with Crippen molar-refractivity contribution in [2.75, 3.05) is 19.3 Å². The molecule has 8 heteroatoms. The maximum absolute atomic E-state index is 13.8. The fourth-order valence-corrected chi connectivity index (χ4v) is 3.19. The fraction of sp³-hybridized carbons (Fsp3) is 0.538. The maximum atomic E-state index is 13.8. The number of halogens is 2. The fourth-order valence-electron chi connectivity index (χ4n) is 1.57. The molecule has 21 heavy (non-hydrogen) atoms. The van der Waals surface area contributed by atoms with Crippen LogP contribution in [0, 0.1) is 11.6 Å². The predicted molar refractivity (Wildman–Crippen MR) is 81.9 cm³/mol. The van der Waals surface area contributed by atoms with Crippen LogP contribution in [-0.2, 0) is 16.6 Å². The molecule has 0 amide bonds. The Kier molecular flexibility index (Phi) is 7.05. The number of hydrogen-bond acceptors (Lipinski definition) is 4. The molecular formula is C13H20F2N2O2S2. The smallest absolute Gasteiger partial charge is 0.243 e. The van der Waals surface area contributed by atoms with Gasteiger partial charge >= 0.3 is 0 Å². The zero-order chi connectivity index (χ0) is 16.0. The van der Waals surface area contributed by atoms with E-state index in [4.69, 9.17) is 0 Å². The third kappa shape index (κ3) is 5.21. The summed E-state index contributed by atoms with van der Waals surface area (Å²) in [6.45, 7) is 4.78. The van der Waals surface area contributed by atoms with Gasteiger partial charge in [-0.05, 0) is 30.5 Å². The number of hydrogen-bond donors (Lipinski definition) is 2. The lowest BCUT2D eigenvalue weighted by Gasteiger charge is -2.13. The number of thioether (sulfide) groups is 1. The van der Waals surface area contributed by atoms with Crippen molar-refractivity contribution >= 4 is 21.8 Å². The summed E-state index contributed by atoms with van der Waals surface area (Å²) in [7, 11) is -4.07. The topological polar surface area (TPSA) is 58.2 Å². The van der Waals surface area contributed by atoms with Crippen molar-refractivity contribution < 1.29 is 17.2 Å². The van der Waals surface area contributed by atoms with E-state index < -0.39 is 26.6 Å². The molecule has 2 N–H and O–H groups in total. The molecular weight excluding hydrogens is 318 g/mol. The van der Waals surface area contributed by atoms with Crippen molar-refractivity contribution in [1.29, 1.82) is 0 Å². The van der Waals surface area contributed by atoms with Crippen molar-refractivity contribution in [3.8, 4) is 0 Å². The average Bonchev–Trinajstić information content (AvgIpc) is 2.45. The summed E-state index contributed by atoms with van der Waals surface area (Å²) >= 11 is 1.48. The average molecular weight is 338 g/mol. The van der Waals surface area contributed by atoms with Crippen LogP contribution in [0.1, 0.15) is 19.4 Å². The molecule has 0 radical (unpaired) electrons. The molecule has 1 aromatic carbocycles. The van der Waals surface area contributed by atoms with Gasteiger partial charge in [-0.1, -0.05) is 13.8 Å². The summed E-state index contributed by atoms with van der Waals surface area (Å²) in [5.41, 5.74) is 0.383. The summed E-state index contributed by atoms with van der Waals surface area (Å²) in [4.78, 5) is -0.649. The minimum absolute atomic E-state index is 0.0395. The molecule has 1 unspecified atom stereocenters. The van der Waals surface area contributed by atoms with Gasteiger partial charge in [0.15, 0.2) is 11.6 Å². The molecule has 1 atom stereocenters. The van der Waals surface area contributed by atoms with Crippen LogP contribution < -0.4 is 10.0 Å². The van der Waals surface area contributed by atoms with Crippen molar-refractivity contribution in [1.82, 2.24) is 10.0 Å². The predicted octanol–water partition coefficient (Wildman–Crippen LogP) is 2.10. The van der Waals surface area contributed by atoms with Gasteiger partial charge in [-0.2, -0.15) is 11.8 Å². The Hall–Kier alpha value is -0.700. The van der Waals surface area contributed by atoms with Crippen molar-refractivity contribution in [3.05, 3.63) is 29.3 Å². The Morgan fingerprint density at radius 2 is 2.00 bits per heavy atom. The minimum Gasteiger partial charge on any atom is -0.313 e. The first-order valence-corrected chi connectivity index (χ1v) is 9.30. The third-order valence-corrected chi connectivity index (χ3v) is 5.28. The van der Waals surface area contributed by atoms with E-state index in [1.54, 1.807) is 0 Å². The zero-order valence-electron chi connectivity index (χ0n) is 12.2. The van der Waals surface area contributed by atoms with Gasteiger partial charge in [-0.25, -0.2) is 21.9 Å². The van der Waals surface area contributed by atoms with Gasteiger partial charge < -0.3 is 5.32 Å². The molecule has 1 rings (SSSR count). The highest BCUT2D eigenvalue weighted by atomic mass is 32.2. The van der Waals surface area contributed by atoms with E-state index in [2.05, 4.69) is 10.0 Å². The van der Waals surface area contributed by atoms with E-state index in [-0.39, 0.29) is 18.3 Å². The monoisotopic (exact) mass is 338 g/mol. The highest BCUT2D eigenvalue weighted by Gasteiger charge is 2.23. The van der Waals surface area contributed by atoms with Crippen LogP contribution in [0.15, 0.2) is 17.0 Å². The first kappa shape index (κ1) is 18.3.